The molecule has 61 heavy (non-hydrogen) atoms. The predicted molar refractivity (Wildman–Crippen MR) is 218 cm³/mol. The van der Waals surface area contributed by atoms with Crippen LogP contribution in [0.2, 0.25) is 0 Å². The van der Waals surface area contributed by atoms with Crippen molar-refractivity contribution in [3.05, 3.63) is 83.4 Å². The molecule has 6 heterocycles. The van der Waals surface area contributed by atoms with E-state index in [-0.39, 0.29) is 30.5 Å². The molecule has 5 aromatic rings. The number of ether oxygens (including phenoxy) is 2. The Hall–Kier alpha value is -6.49. The first-order valence-corrected chi connectivity index (χ1v) is 21.2. The Morgan fingerprint density at radius 2 is 1.64 bits per heavy atom. The number of likely N-dealkylation sites (tertiary alicyclic amines) is 1. The van der Waals surface area contributed by atoms with Crippen LogP contribution in [0.25, 0.3) is 16.6 Å². The van der Waals surface area contributed by atoms with Crippen molar-refractivity contribution in [3.8, 4) is 5.75 Å². The molecule has 2 N–H and O–H groups in total. The maximum absolute atomic E-state index is 13.4. The maximum Gasteiger partial charge on any atom is 0.419 e. The molecule has 2 saturated carbocycles. The van der Waals surface area contributed by atoms with E-state index in [0.29, 0.717) is 46.7 Å². The number of imide groups is 2. The molecule has 3 aromatic heterocycles. The first kappa shape index (κ1) is 38.7. The second-order valence-corrected chi connectivity index (χ2v) is 17.0. The lowest BCUT2D eigenvalue weighted by molar-refractivity contribution is -0.136. The van der Waals surface area contributed by atoms with Gasteiger partial charge >= 0.3 is 12.1 Å². The summed E-state index contributed by atoms with van der Waals surface area (Å²) in [7, 11) is 0. The molecule has 10 rings (SSSR count). The first-order chi connectivity index (χ1) is 29.6. The number of aromatic nitrogens is 5. The normalized spacial score (nSPS) is 22.4. The summed E-state index contributed by atoms with van der Waals surface area (Å²) < 4.78 is 14.7. The summed E-state index contributed by atoms with van der Waals surface area (Å²) in [5.74, 6) is -1.06. The number of carbonyl (C=O) groups is 6. The highest BCUT2D eigenvalue weighted by atomic mass is 16.6. The molecule has 17 heteroatoms. The van der Waals surface area contributed by atoms with Gasteiger partial charge in [-0.1, -0.05) is 6.07 Å². The van der Waals surface area contributed by atoms with Gasteiger partial charge in [-0.3, -0.25) is 39.4 Å². The predicted octanol–water partition coefficient (Wildman–Crippen LogP) is 5.27. The Labute approximate surface area is 349 Å². The van der Waals surface area contributed by atoms with Crippen LogP contribution in [0, 0.1) is 11.8 Å². The van der Waals surface area contributed by atoms with Crippen molar-refractivity contribution in [1.82, 2.24) is 39.5 Å². The van der Waals surface area contributed by atoms with Crippen LogP contribution in [0.5, 0.6) is 5.75 Å². The lowest BCUT2D eigenvalue weighted by Gasteiger charge is -2.37. The third-order valence-corrected chi connectivity index (χ3v) is 12.9. The zero-order chi connectivity index (χ0) is 41.8. The van der Waals surface area contributed by atoms with E-state index in [1.165, 1.54) is 10.6 Å². The minimum atomic E-state index is -0.971. The third kappa shape index (κ3) is 7.85. The van der Waals surface area contributed by atoms with E-state index in [4.69, 9.17) is 14.6 Å². The van der Waals surface area contributed by atoms with E-state index in [9.17, 15) is 28.8 Å². The largest absolute Gasteiger partial charge is 0.491 e. The van der Waals surface area contributed by atoms with Gasteiger partial charge in [0.25, 0.3) is 11.8 Å². The Morgan fingerprint density at radius 3 is 2.41 bits per heavy atom. The van der Waals surface area contributed by atoms with E-state index >= 15 is 0 Å². The lowest BCUT2D eigenvalue weighted by atomic mass is 9.84. The zero-order valence-corrected chi connectivity index (χ0v) is 33.5. The van der Waals surface area contributed by atoms with Crippen LogP contribution in [0.15, 0.2) is 61.1 Å². The van der Waals surface area contributed by atoms with Crippen LogP contribution >= 0.6 is 0 Å². The summed E-state index contributed by atoms with van der Waals surface area (Å²) in [6, 6.07) is 11.5. The van der Waals surface area contributed by atoms with Gasteiger partial charge in [0.15, 0.2) is 11.3 Å². The van der Waals surface area contributed by atoms with Crippen LogP contribution < -0.4 is 15.4 Å². The van der Waals surface area contributed by atoms with Gasteiger partial charge in [0, 0.05) is 49.1 Å². The number of rotatable bonds is 10. The number of esters is 1. The average Bonchev–Trinajstić information content (AvgIpc) is 3.74. The molecule has 3 aliphatic heterocycles. The lowest BCUT2D eigenvalue weighted by Crippen LogP contribution is -2.54. The molecule has 314 valence electrons. The second kappa shape index (κ2) is 15.8. The van der Waals surface area contributed by atoms with E-state index < -0.39 is 41.7 Å². The summed E-state index contributed by atoms with van der Waals surface area (Å²) >= 11 is 0. The van der Waals surface area contributed by atoms with Gasteiger partial charge in [-0.15, -0.1) is 0 Å². The second-order valence-electron chi connectivity index (χ2n) is 17.0. The van der Waals surface area contributed by atoms with Gasteiger partial charge in [0.1, 0.15) is 11.8 Å². The van der Waals surface area contributed by atoms with Crippen molar-refractivity contribution in [2.45, 2.75) is 82.2 Å². The molecule has 2 saturated heterocycles. The molecule has 2 aliphatic carbocycles. The highest BCUT2D eigenvalue weighted by Gasteiger charge is 2.45. The van der Waals surface area contributed by atoms with Crippen molar-refractivity contribution in [1.29, 1.82) is 0 Å². The standard InChI is InChI=1S/C44H45N9O8/c54-39-11-10-36(40(55)47-39)53-41(56)31-9-6-28(18-32(31)42(53)57)27-12-16-50(17-13-27)22-25-4-7-30(8-5-25)52-23-29-19-34(37(20-33(29)48-52)60-24-26-2-3-26)46-44(59)61-43(58)35-21-38-45-14-1-15-51(38)49-35/h1,6,9,14-15,18-21,23,25-27,30,36H,2-5,7-8,10-13,16-17,22,24H2,(H,46,59)(H,47,54,55). The number of amides is 5. The fraction of sp³-hybridized carbons (Fsp3) is 0.432. The van der Waals surface area contributed by atoms with Gasteiger partial charge in [0.05, 0.1) is 35.0 Å². The summed E-state index contributed by atoms with van der Waals surface area (Å²) in [6.45, 7) is 3.45. The molecule has 5 aliphatic rings. The SMILES string of the molecule is O=C1CCC(N2C(=O)c3ccc(C4CCN(CC5CCC(n6cc7cc(NC(=O)OC(=O)c8cc9ncccn9n8)c(OCC8CC8)cc7n6)CC5)CC4)cc3C2=O)C(=O)N1. The molecule has 1 unspecified atom stereocenters. The molecule has 17 nitrogen and oxygen atoms in total. The Kier molecular flexibility index (Phi) is 10.0. The summed E-state index contributed by atoms with van der Waals surface area (Å²) in [5.41, 5.74) is 3.25. The first-order valence-electron chi connectivity index (χ1n) is 21.2. The van der Waals surface area contributed by atoms with Crippen LogP contribution in [0.1, 0.15) is 113 Å². The molecule has 0 spiro atoms. The molecular weight excluding hydrogens is 783 g/mol. The summed E-state index contributed by atoms with van der Waals surface area (Å²) in [4.78, 5) is 84.1. The molecule has 4 fully saturated rings. The molecule has 0 radical (unpaired) electrons. The number of hydrogen-bond donors (Lipinski definition) is 2. The summed E-state index contributed by atoms with van der Waals surface area (Å²) in [6.07, 6.45) is 12.8. The fourth-order valence-corrected chi connectivity index (χ4v) is 9.32. The topological polar surface area (TPSA) is 199 Å². The minimum absolute atomic E-state index is 0.0372. The van der Waals surface area contributed by atoms with E-state index in [1.54, 1.807) is 24.5 Å². The number of hydrogen-bond acceptors (Lipinski definition) is 12. The van der Waals surface area contributed by atoms with Crippen LogP contribution in [-0.2, 0) is 14.3 Å². The highest BCUT2D eigenvalue weighted by molar-refractivity contribution is 6.23. The Bertz CT molecular complexity index is 2570. The minimum Gasteiger partial charge on any atom is -0.491 e. The molecular formula is C44H45N9O8. The number of anilines is 1. The van der Waals surface area contributed by atoms with Crippen LogP contribution in [0.4, 0.5) is 10.5 Å². The number of nitrogens with one attached hydrogen (secondary N) is 2. The van der Waals surface area contributed by atoms with Crippen molar-refractivity contribution in [2.24, 2.45) is 11.8 Å². The van der Waals surface area contributed by atoms with Gasteiger partial charge in [-0.2, -0.15) is 10.2 Å². The number of carbonyl (C=O) groups excluding carboxylic acids is 6. The number of benzene rings is 2. The fourth-order valence-electron chi connectivity index (χ4n) is 9.32. The smallest absolute Gasteiger partial charge is 0.419 e. The number of nitrogens with zero attached hydrogens (tertiary/aromatic N) is 7. The van der Waals surface area contributed by atoms with Crippen molar-refractivity contribution in [2.75, 3.05) is 31.6 Å². The summed E-state index contributed by atoms with van der Waals surface area (Å²) in [5, 5.41) is 14.9. The maximum atomic E-state index is 13.4. The van der Waals surface area contributed by atoms with E-state index in [2.05, 4.69) is 25.6 Å². The Balaban J connectivity index is 0.732. The number of piperidine rings is 2. The van der Waals surface area contributed by atoms with Crippen molar-refractivity contribution in [3.63, 3.8) is 0 Å². The molecule has 2 aromatic carbocycles. The van der Waals surface area contributed by atoms with Gasteiger partial charge in [-0.05, 0) is 118 Å². The highest BCUT2D eigenvalue weighted by Crippen LogP contribution is 2.39. The van der Waals surface area contributed by atoms with E-state index in [1.807, 2.05) is 35.1 Å². The van der Waals surface area contributed by atoms with Gasteiger partial charge in [-0.25, -0.2) is 19.1 Å². The monoisotopic (exact) mass is 827 g/mol. The van der Waals surface area contributed by atoms with Crippen molar-refractivity contribution >= 4 is 57.9 Å². The van der Waals surface area contributed by atoms with Crippen LogP contribution in [-0.4, -0.2) is 102 Å². The average molecular weight is 828 g/mol. The third-order valence-electron chi connectivity index (χ3n) is 12.9. The molecule has 1 atom stereocenters. The molecule has 0 bridgehead atoms. The Morgan fingerprint density at radius 1 is 0.852 bits per heavy atom. The van der Waals surface area contributed by atoms with Gasteiger partial charge < -0.3 is 14.4 Å². The van der Waals surface area contributed by atoms with Crippen LogP contribution in [0.3, 0.4) is 0 Å². The zero-order valence-electron chi connectivity index (χ0n) is 33.5. The quantitative estimate of drug-likeness (QED) is 0.105. The van der Waals surface area contributed by atoms with Crippen molar-refractivity contribution < 1.29 is 38.2 Å². The number of fused-ring (bicyclic) bond motifs is 3. The van der Waals surface area contributed by atoms with E-state index in [0.717, 1.165) is 92.4 Å². The van der Waals surface area contributed by atoms with Gasteiger partial charge in [0.2, 0.25) is 11.8 Å². The molecule has 5 amide bonds.